The largest absolute Gasteiger partial charge is 0.507 e. The Kier molecular flexibility index (Phi) is 6.90. The van der Waals surface area contributed by atoms with Crippen LogP contribution in [0.5, 0.6) is 5.75 Å². The molecule has 0 radical (unpaired) electrons. The molecule has 2 unspecified atom stereocenters. The number of phenols is 1. The lowest BCUT2D eigenvalue weighted by atomic mass is 9.83. The monoisotopic (exact) mass is 478 g/mol. The number of nitrogens with zero attached hydrogens (tertiary/aromatic N) is 2. The Hall–Kier alpha value is -3.13. The van der Waals surface area contributed by atoms with Crippen molar-refractivity contribution >= 4 is 17.8 Å². The first-order valence-electron chi connectivity index (χ1n) is 12.7. The van der Waals surface area contributed by atoms with Crippen molar-refractivity contribution in [2.24, 2.45) is 17.8 Å². The van der Waals surface area contributed by atoms with Gasteiger partial charge in [-0.2, -0.15) is 0 Å². The summed E-state index contributed by atoms with van der Waals surface area (Å²) in [5.74, 6) is 2.70. The highest BCUT2D eigenvalue weighted by atomic mass is 16.4. The molecule has 5 rings (SSSR count). The molecule has 2 amide bonds. The van der Waals surface area contributed by atoms with Crippen LogP contribution >= 0.6 is 0 Å². The molecule has 8 heteroatoms. The van der Waals surface area contributed by atoms with Crippen LogP contribution in [0.2, 0.25) is 0 Å². The third kappa shape index (κ3) is 5.59. The van der Waals surface area contributed by atoms with E-state index in [2.05, 4.69) is 20.5 Å². The van der Waals surface area contributed by atoms with E-state index in [1.165, 1.54) is 19.3 Å². The first-order valence-corrected chi connectivity index (χ1v) is 12.7. The molecule has 2 atom stereocenters. The van der Waals surface area contributed by atoms with E-state index in [0.29, 0.717) is 48.3 Å². The molecule has 0 spiro atoms. The number of amides is 2. The second-order valence-corrected chi connectivity index (χ2v) is 10.3. The zero-order valence-electron chi connectivity index (χ0n) is 19.9. The molecule has 0 bridgehead atoms. The number of phenolic OH excluding ortho intramolecular Hbond substituents is 1. The Labute approximate surface area is 205 Å². The Morgan fingerprint density at radius 2 is 1.77 bits per heavy atom. The summed E-state index contributed by atoms with van der Waals surface area (Å²) in [6.07, 6.45) is 5.02. The van der Waals surface area contributed by atoms with Crippen LogP contribution in [0.1, 0.15) is 54.8 Å². The van der Waals surface area contributed by atoms with Crippen molar-refractivity contribution < 1.29 is 19.8 Å². The van der Waals surface area contributed by atoms with Crippen LogP contribution in [-0.2, 0) is 17.8 Å². The van der Waals surface area contributed by atoms with Gasteiger partial charge >= 0.3 is 6.09 Å². The molecule has 4 N–H and O–H groups in total. The molecule has 186 valence electrons. The number of para-hydroxylation sites is 1. The van der Waals surface area contributed by atoms with Crippen molar-refractivity contribution in [1.29, 1.82) is 0 Å². The minimum Gasteiger partial charge on any atom is -0.507 e. The van der Waals surface area contributed by atoms with E-state index >= 15 is 0 Å². The number of benzene rings is 1. The predicted octanol–water partition coefficient (Wildman–Crippen LogP) is 3.96. The van der Waals surface area contributed by atoms with E-state index in [0.717, 1.165) is 42.8 Å². The summed E-state index contributed by atoms with van der Waals surface area (Å²) in [6.45, 7) is 3.31. The van der Waals surface area contributed by atoms with Crippen molar-refractivity contribution in [2.75, 3.05) is 25.0 Å². The number of fused-ring (bicyclic) bond motifs is 1. The first-order chi connectivity index (χ1) is 17.0. The summed E-state index contributed by atoms with van der Waals surface area (Å²) >= 11 is 0. The maximum absolute atomic E-state index is 12.6. The highest BCUT2D eigenvalue weighted by molar-refractivity contribution is 5.81. The SMILES string of the molecule is O=C(O)Nc1cccc(CN2CC3C(CNC(=O)Cc4cccc(C5CCCCC5)c4O)C3C2)n1. The molecule has 1 saturated heterocycles. The van der Waals surface area contributed by atoms with Crippen molar-refractivity contribution in [1.82, 2.24) is 15.2 Å². The van der Waals surface area contributed by atoms with Crippen molar-refractivity contribution in [3.05, 3.63) is 53.2 Å². The Morgan fingerprint density at radius 1 is 1.03 bits per heavy atom. The molecule has 3 aliphatic rings. The summed E-state index contributed by atoms with van der Waals surface area (Å²) < 4.78 is 0. The number of likely N-dealkylation sites (tertiary alicyclic amines) is 1. The van der Waals surface area contributed by atoms with E-state index in [9.17, 15) is 14.7 Å². The molecule has 35 heavy (non-hydrogen) atoms. The number of rotatable bonds is 8. The number of hydrogen-bond donors (Lipinski definition) is 4. The molecule has 1 aromatic heterocycles. The minimum absolute atomic E-state index is 0.0325. The minimum atomic E-state index is -1.12. The van der Waals surface area contributed by atoms with Gasteiger partial charge in [-0.3, -0.25) is 15.0 Å². The van der Waals surface area contributed by atoms with Crippen LogP contribution in [0.15, 0.2) is 36.4 Å². The molecule has 8 nitrogen and oxygen atoms in total. The third-order valence-corrected chi connectivity index (χ3v) is 7.96. The number of aromatic hydroxyl groups is 1. The van der Waals surface area contributed by atoms with E-state index in [-0.39, 0.29) is 12.3 Å². The highest BCUT2D eigenvalue weighted by Crippen LogP contribution is 2.51. The van der Waals surface area contributed by atoms with Gasteiger partial charge < -0.3 is 15.5 Å². The summed E-state index contributed by atoms with van der Waals surface area (Å²) in [5, 5.41) is 25.0. The van der Waals surface area contributed by atoms with Gasteiger partial charge in [-0.25, -0.2) is 9.78 Å². The Morgan fingerprint density at radius 3 is 2.51 bits per heavy atom. The number of hydrogen-bond acceptors (Lipinski definition) is 5. The average molecular weight is 479 g/mol. The van der Waals surface area contributed by atoms with Crippen LogP contribution in [-0.4, -0.2) is 51.7 Å². The van der Waals surface area contributed by atoms with Crippen LogP contribution in [0.4, 0.5) is 10.6 Å². The topological polar surface area (TPSA) is 115 Å². The van der Waals surface area contributed by atoms with E-state index in [4.69, 9.17) is 5.11 Å². The van der Waals surface area contributed by atoms with E-state index in [1.807, 2.05) is 30.3 Å². The molecule has 1 aliphatic heterocycles. The molecule has 2 heterocycles. The van der Waals surface area contributed by atoms with Gasteiger partial charge in [-0.1, -0.05) is 43.5 Å². The number of aromatic nitrogens is 1. The van der Waals surface area contributed by atoms with Gasteiger partial charge in [0.1, 0.15) is 11.6 Å². The number of carboxylic acid groups (broad SMARTS) is 1. The predicted molar refractivity (Wildman–Crippen MR) is 132 cm³/mol. The van der Waals surface area contributed by atoms with Crippen molar-refractivity contribution in [3.8, 4) is 5.75 Å². The number of carbonyl (C=O) groups is 2. The molecule has 2 aliphatic carbocycles. The summed E-state index contributed by atoms with van der Waals surface area (Å²) in [4.78, 5) is 30.2. The fourth-order valence-electron chi connectivity index (χ4n) is 6.11. The number of piperidine rings is 1. The van der Waals surface area contributed by atoms with Gasteiger partial charge in [-0.05, 0) is 54.2 Å². The molecular formula is C27H34N4O4. The lowest BCUT2D eigenvalue weighted by Crippen LogP contribution is -2.31. The Bertz CT molecular complexity index is 1070. The standard InChI is InChI=1S/C27H34N4O4/c32-25(12-18-8-4-10-20(26(18)33)17-6-2-1-3-7-17)28-13-21-22-15-31(16-23(21)22)14-19-9-5-11-24(29-19)30-27(34)35/h4-5,8-11,17,21-23,33H,1-3,6-7,12-16H2,(H,28,32)(H,29,30)(H,34,35). The van der Waals surface area contributed by atoms with E-state index in [1.54, 1.807) is 6.07 Å². The van der Waals surface area contributed by atoms with Gasteiger partial charge in [0.15, 0.2) is 0 Å². The molecule has 1 aromatic carbocycles. The normalized spacial score (nSPS) is 24.1. The Balaban J connectivity index is 1.07. The maximum atomic E-state index is 12.6. The van der Waals surface area contributed by atoms with Crippen LogP contribution in [0.3, 0.4) is 0 Å². The van der Waals surface area contributed by atoms with Crippen LogP contribution < -0.4 is 10.6 Å². The zero-order valence-corrected chi connectivity index (χ0v) is 19.9. The number of pyridine rings is 1. The first kappa shape index (κ1) is 23.6. The van der Waals surface area contributed by atoms with Gasteiger partial charge in [0.2, 0.25) is 5.91 Å². The average Bonchev–Trinajstić information content (AvgIpc) is 3.30. The van der Waals surface area contributed by atoms with Crippen molar-refractivity contribution in [3.63, 3.8) is 0 Å². The molecule has 2 aromatic rings. The lowest BCUT2D eigenvalue weighted by molar-refractivity contribution is -0.120. The van der Waals surface area contributed by atoms with Gasteiger partial charge in [0.25, 0.3) is 0 Å². The molecular weight excluding hydrogens is 444 g/mol. The van der Waals surface area contributed by atoms with E-state index < -0.39 is 6.09 Å². The smallest absolute Gasteiger partial charge is 0.410 e. The second-order valence-electron chi connectivity index (χ2n) is 10.3. The summed E-state index contributed by atoms with van der Waals surface area (Å²) in [7, 11) is 0. The third-order valence-electron chi connectivity index (χ3n) is 7.96. The van der Waals surface area contributed by atoms with Gasteiger partial charge in [-0.15, -0.1) is 0 Å². The molecule has 3 fully saturated rings. The second kappa shape index (κ2) is 10.2. The number of nitrogens with one attached hydrogen (secondary N) is 2. The maximum Gasteiger partial charge on any atom is 0.410 e. The number of carbonyl (C=O) groups excluding carboxylic acids is 1. The summed E-state index contributed by atoms with van der Waals surface area (Å²) in [5.41, 5.74) is 2.57. The fraction of sp³-hybridized carbons (Fsp3) is 0.519. The fourth-order valence-corrected chi connectivity index (χ4v) is 6.11. The van der Waals surface area contributed by atoms with Crippen LogP contribution in [0, 0.1) is 17.8 Å². The van der Waals surface area contributed by atoms with Gasteiger partial charge in [0, 0.05) is 31.7 Å². The zero-order chi connectivity index (χ0) is 24.4. The summed E-state index contributed by atoms with van der Waals surface area (Å²) in [6, 6.07) is 11.2. The van der Waals surface area contributed by atoms with Crippen LogP contribution in [0.25, 0.3) is 0 Å². The highest BCUT2D eigenvalue weighted by Gasteiger charge is 2.55. The lowest BCUT2D eigenvalue weighted by Gasteiger charge is -2.23. The quantitative estimate of drug-likeness (QED) is 0.457. The van der Waals surface area contributed by atoms with Crippen molar-refractivity contribution in [2.45, 2.75) is 51.0 Å². The molecule has 2 saturated carbocycles. The number of anilines is 1. The van der Waals surface area contributed by atoms with Gasteiger partial charge in [0.05, 0.1) is 12.1 Å².